The molecule has 0 amide bonds. The van der Waals surface area contributed by atoms with Gasteiger partial charge in [-0.1, -0.05) is 12.1 Å². The highest BCUT2D eigenvalue weighted by molar-refractivity contribution is 7.81. The summed E-state index contributed by atoms with van der Waals surface area (Å²) in [7, 11) is 2.59. The molecule has 6 bridgehead atoms. The Morgan fingerprint density at radius 3 is 1.57 bits per heavy atom. The van der Waals surface area contributed by atoms with Crippen molar-refractivity contribution in [3.8, 4) is 0 Å². The number of carboxylic acids is 3. The minimum atomic E-state index is -0.983. The molecule has 2 aliphatic heterocycles. The minimum Gasteiger partial charge on any atom is -0.481 e. The molecule has 0 spiro atoms. The lowest BCUT2D eigenvalue weighted by atomic mass is 9.78. The van der Waals surface area contributed by atoms with Gasteiger partial charge in [0, 0.05) is 39.6 Å². The standard InChI is InChI=1S/C13H16O6S.C12H14O6S.C9H12O4S.C7H6O2S/c1-17-12(15)8-5-4-6-9(8)13(16)19-11(6)10(5)18-7(14)2-3-20;1-16-11(14)7-4-2-5-8(7)12(15)18-10(5)9(4)17-6(13)3-19;10-8(11)6-3-1-4(5(14)2-3)7(6)9(12)13;8-7(9)5-3-1-2-4-6(5)10/h5-6,8-11,20H,2-4H2,1H3;4-5,7-10,19H,2-3H2,1H3;3-7,14H,1-2H2,(H,10,11)(H,12,13);1-4,10H,(H,8,9). The van der Waals surface area contributed by atoms with Crippen molar-refractivity contribution in [3.05, 3.63) is 29.8 Å². The molecule has 6 aliphatic carbocycles. The lowest BCUT2D eigenvalue weighted by Gasteiger charge is -2.29. The fourth-order valence-corrected chi connectivity index (χ4v) is 12.5. The number of hydrogen-bond acceptors (Lipinski definition) is 19. The maximum Gasteiger partial charge on any atom is 0.336 e. The van der Waals surface area contributed by atoms with E-state index in [4.69, 9.17) is 43.7 Å². The maximum atomic E-state index is 11.9. The van der Waals surface area contributed by atoms with E-state index in [0.717, 1.165) is 6.42 Å². The van der Waals surface area contributed by atoms with Crippen LogP contribution < -0.4 is 0 Å². The Balaban J connectivity index is 0.000000144. The van der Waals surface area contributed by atoms with Gasteiger partial charge >= 0.3 is 53.7 Å². The summed E-state index contributed by atoms with van der Waals surface area (Å²) in [6.45, 7) is 0. The zero-order valence-electron chi connectivity index (χ0n) is 33.8. The summed E-state index contributed by atoms with van der Waals surface area (Å²) in [5.41, 5.74) is 0.242. The van der Waals surface area contributed by atoms with Gasteiger partial charge in [-0.25, -0.2) is 4.79 Å². The van der Waals surface area contributed by atoms with E-state index in [1.807, 2.05) is 0 Å². The summed E-state index contributed by atoms with van der Waals surface area (Å²) in [6, 6.07) is 6.58. The molecule has 3 N–H and O–H groups in total. The second kappa shape index (κ2) is 19.9. The van der Waals surface area contributed by atoms with Gasteiger partial charge in [-0.3, -0.25) is 38.4 Å². The summed E-state index contributed by atoms with van der Waals surface area (Å²) in [5.74, 6) is -8.87. The third-order valence-electron chi connectivity index (χ3n) is 13.7. The highest BCUT2D eigenvalue weighted by Gasteiger charge is 2.71. The summed E-state index contributed by atoms with van der Waals surface area (Å²) in [5, 5.41) is 26.5. The third kappa shape index (κ3) is 9.23. The topological polar surface area (TPSA) is 270 Å². The molecule has 6 saturated carbocycles. The first-order chi connectivity index (χ1) is 29.9. The fraction of sp³-hybridized carbons (Fsp3) is 0.634. The number of carbonyl (C=O) groups excluding carboxylic acids is 6. The van der Waals surface area contributed by atoms with Crippen molar-refractivity contribution in [3.63, 3.8) is 0 Å². The van der Waals surface area contributed by atoms with Crippen LogP contribution in [0.15, 0.2) is 29.2 Å². The van der Waals surface area contributed by atoms with Crippen molar-refractivity contribution in [2.75, 3.05) is 25.7 Å². The monoisotopic (exact) mass is 956 g/mol. The van der Waals surface area contributed by atoms with Gasteiger partial charge in [0.05, 0.1) is 67.5 Å². The molecule has 63 heavy (non-hydrogen) atoms. The molecule has 8 fully saturated rings. The van der Waals surface area contributed by atoms with Gasteiger partial charge in [0.15, 0.2) is 0 Å². The van der Waals surface area contributed by atoms with Crippen molar-refractivity contribution >= 4 is 104 Å². The maximum absolute atomic E-state index is 11.9. The van der Waals surface area contributed by atoms with Gasteiger partial charge < -0.3 is 43.7 Å². The van der Waals surface area contributed by atoms with Crippen LogP contribution in [-0.4, -0.2) is 124 Å². The number of fused-ring (bicyclic) bond motifs is 4. The zero-order valence-corrected chi connectivity index (χ0v) is 37.4. The van der Waals surface area contributed by atoms with Gasteiger partial charge in [0.25, 0.3) is 0 Å². The Hall–Kier alpha value is -4.15. The number of benzene rings is 1. The number of ether oxygens (including phenoxy) is 6. The summed E-state index contributed by atoms with van der Waals surface area (Å²) < 4.78 is 30.8. The Morgan fingerprint density at radius 1 is 0.667 bits per heavy atom. The van der Waals surface area contributed by atoms with E-state index >= 15 is 0 Å². The van der Waals surface area contributed by atoms with Crippen LogP contribution in [0.5, 0.6) is 0 Å². The second-order valence-electron chi connectivity index (χ2n) is 16.6. The fourth-order valence-electron chi connectivity index (χ4n) is 11.4. The van der Waals surface area contributed by atoms with Crippen LogP contribution in [0.25, 0.3) is 0 Å². The number of rotatable bonds is 10. The molecule has 9 rings (SSSR count). The van der Waals surface area contributed by atoms with E-state index < -0.39 is 95.7 Å². The van der Waals surface area contributed by atoms with Crippen LogP contribution in [0.4, 0.5) is 0 Å². The molecule has 344 valence electrons. The van der Waals surface area contributed by atoms with Crippen LogP contribution in [0.3, 0.4) is 0 Å². The molecule has 8 aliphatic rings. The Morgan fingerprint density at radius 2 is 1.16 bits per heavy atom. The van der Waals surface area contributed by atoms with Crippen LogP contribution in [0.2, 0.25) is 0 Å². The molecular formula is C41H48O18S4. The summed E-state index contributed by atoms with van der Waals surface area (Å²) >= 11 is 16.1. The van der Waals surface area contributed by atoms with E-state index in [9.17, 15) is 43.2 Å². The number of thiol groups is 4. The van der Waals surface area contributed by atoms with Crippen molar-refractivity contribution in [2.45, 2.75) is 66.7 Å². The number of esters is 6. The first kappa shape index (κ1) is 48.3. The predicted octanol–water partition coefficient (Wildman–Crippen LogP) is 2.41. The van der Waals surface area contributed by atoms with Crippen LogP contribution in [0.1, 0.15) is 42.5 Å². The first-order valence-electron chi connectivity index (χ1n) is 20.2. The SMILES string of the molecule is COC(=O)C1C2CC3C(OC(=O)C31)C2OC(=O)CCS.COC(=O)C1C2CC3C(OC(=O)C31)C2OC(=O)CS.O=C(O)C1C2CC(S)C(C2)C1C(=O)O.O=C(O)c1ccccc1S. The van der Waals surface area contributed by atoms with Gasteiger partial charge in [0.1, 0.15) is 24.4 Å². The molecule has 18 nitrogen and oxygen atoms in total. The quantitative estimate of drug-likeness (QED) is 0.101. The average molecular weight is 957 g/mol. The Kier molecular flexibility index (Phi) is 15.3. The lowest BCUT2D eigenvalue weighted by Crippen LogP contribution is -2.43. The van der Waals surface area contributed by atoms with E-state index in [2.05, 4.69) is 50.5 Å². The van der Waals surface area contributed by atoms with Crippen LogP contribution >= 0.6 is 50.5 Å². The predicted molar refractivity (Wildman–Crippen MR) is 225 cm³/mol. The smallest absolute Gasteiger partial charge is 0.336 e. The highest BCUT2D eigenvalue weighted by Crippen LogP contribution is 2.60. The van der Waals surface area contributed by atoms with Crippen molar-refractivity contribution < 1.29 is 86.9 Å². The largest absolute Gasteiger partial charge is 0.481 e. The number of carboxylic acid groups (broad SMARTS) is 3. The molecule has 17 unspecified atom stereocenters. The molecule has 1 aromatic rings. The lowest BCUT2D eigenvalue weighted by molar-refractivity contribution is -0.164. The van der Waals surface area contributed by atoms with E-state index in [0.29, 0.717) is 29.9 Å². The van der Waals surface area contributed by atoms with Gasteiger partial charge in [0.2, 0.25) is 0 Å². The average Bonchev–Trinajstić information content (AvgIpc) is 4.12. The van der Waals surface area contributed by atoms with Crippen LogP contribution in [-0.2, 0) is 66.8 Å². The number of hydrogen-bond donors (Lipinski definition) is 7. The zero-order chi connectivity index (χ0) is 46.2. The molecule has 1 aromatic carbocycles. The highest BCUT2D eigenvalue weighted by atomic mass is 32.1. The van der Waals surface area contributed by atoms with E-state index in [1.54, 1.807) is 18.2 Å². The van der Waals surface area contributed by atoms with Crippen molar-refractivity contribution in [2.24, 2.45) is 71.0 Å². The van der Waals surface area contributed by atoms with Gasteiger partial charge in [-0.2, -0.15) is 37.9 Å². The van der Waals surface area contributed by atoms with Crippen molar-refractivity contribution in [1.82, 2.24) is 0 Å². The van der Waals surface area contributed by atoms with Gasteiger partial charge in [-0.05, 0) is 49.7 Å². The van der Waals surface area contributed by atoms with E-state index in [1.165, 1.54) is 20.3 Å². The molecule has 0 aromatic heterocycles. The van der Waals surface area contributed by atoms with Crippen LogP contribution in [0, 0.1) is 71.0 Å². The number of aromatic carboxylic acids is 1. The Bertz CT molecular complexity index is 2010. The second-order valence-corrected chi connectivity index (χ2v) is 18.5. The molecule has 0 radical (unpaired) electrons. The number of methoxy groups -OCH3 is 2. The molecule has 2 saturated heterocycles. The normalized spacial score (nSPS) is 37.1. The first-order valence-corrected chi connectivity index (χ1v) is 22.5. The summed E-state index contributed by atoms with van der Waals surface area (Å²) in [4.78, 5) is 103. The molecule has 17 atom stereocenters. The molecular weight excluding hydrogens is 909 g/mol. The van der Waals surface area contributed by atoms with Crippen molar-refractivity contribution in [1.29, 1.82) is 0 Å². The molecule has 2 heterocycles. The van der Waals surface area contributed by atoms with Gasteiger partial charge in [-0.15, -0.1) is 12.6 Å². The number of aliphatic carboxylic acids is 2. The minimum absolute atomic E-state index is 0.0149. The third-order valence-corrected chi connectivity index (χ3v) is 15.2. The van der Waals surface area contributed by atoms with E-state index in [-0.39, 0.29) is 76.4 Å². The Labute approximate surface area is 382 Å². The summed E-state index contributed by atoms with van der Waals surface area (Å²) in [6.07, 6.45) is 1.09. The number of carbonyl (C=O) groups is 9. The molecule has 22 heteroatoms.